The number of carbonyl (C=O) groups excluding carboxylic acids is 1. The molecule has 1 N–H and O–H groups in total. The van der Waals surface area contributed by atoms with Gasteiger partial charge in [-0.3, -0.25) is 4.79 Å². The van der Waals surface area contributed by atoms with E-state index in [9.17, 15) is 4.79 Å². The lowest BCUT2D eigenvalue weighted by Gasteiger charge is -2.26. The average molecular weight is 240 g/mol. The van der Waals surface area contributed by atoms with E-state index in [-0.39, 0.29) is 5.91 Å². The molecule has 1 heterocycles. The number of benzene rings is 1. The number of hydrogen-bond acceptors (Lipinski definition) is 2. The number of halogens is 1. The molecule has 1 amide bonds. The Balaban J connectivity index is 2.22. The molecular formula is C12H14ClNO2. The standard InChI is InChI=1S/C12H14ClNO2/c1-7(2)5-11-12(15)14-9-6-8(13)3-4-10(9)16-11/h3-4,6-7,11H,5H2,1-2H3,(H,14,15). The Kier molecular flexibility index (Phi) is 3.06. The highest BCUT2D eigenvalue weighted by molar-refractivity contribution is 6.31. The van der Waals surface area contributed by atoms with E-state index in [4.69, 9.17) is 16.3 Å². The van der Waals surface area contributed by atoms with Gasteiger partial charge in [-0.25, -0.2) is 0 Å². The predicted molar refractivity (Wildman–Crippen MR) is 64.0 cm³/mol. The van der Waals surface area contributed by atoms with Crippen LogP contribution in [-0.4, -0.2) is 12.0 Å². The highest BCUT2D eigenvalue weighted by Gasteiger charge is 2.28. The first-order valence-electron chi connectivity index (χ1n) is 5.33. The molecule has 16 heavy (non-hydrogen) atoms. The maximum Gasteiger partial charge on any atom is 0.265 e. The summed E-state index contributed by atoms with van der Waals surface area (Å²) in [6, 6.07) is 5.23. The number of amides is 1. The van der Waals surface area contributed by atoms with E-state index in [1.807, 2.05) is 0 Å². The quantitative estimate of drug-likeness (QED) is 0.861. The van der Waals surface area contributed by atoms with Crippen LogP contribution in [0.1, 0.15) is 20.3 Å². The predicted octanol–water partition coefficient (Wildman–Crippen LogP) is 3.09. The molecule has 2 rings (SSSR count). The fraction of sp³-hybridized carbons (Fsp3) is 0.417. The van der Waals surface area contributed by atoms with Crippen molar-refractivity contribution < 1.29 is 9.53 Å². The van der Waals surface area contributed by atoms with E-state index in [1.165, 1.54) is 0 Å². The van der Waals surface area contributed by atoms with E-state index in [0.717, 1.165) is 0 Å². The lowest BCUT2D eigenvalue weighted by Crippen LogP contribution is -2.37. The third-order valence-electron chi connectivity index (χ3n) is 2.45. The molecule has 0 spiro atoms. The van der Waals surface area contributed by atoms with Gasteiger partial charge < -0.3 is 10.1 Å². The number of anilines is 1. The molecule has 0 saturated heterocycles. The Bertz CT molecular complexity index is 417. The minimum atomic E-state index is -0.395. The molecule has 3 nitrogen and oxygen atoms in total. The van der Waals surface area contributed by atoms with E-state index in [1.54, 1.807) is 18.2 Å². The summed E-state index contributed by atoms with van der Waals surface area (Å²) in [5, 5.41) is 3.40. The van der Waals surface area contributed by atoms with Crippen LogP contribution in [0.2, 0.25) is 5.02 Å². The van der Waals surface area contributed by atoms with Gasteiger partial charge in [-0.05, 0) is 30.5 Å². The summed E-state index contributed by atoms with van der Waals surface area (Å²) in [7, 11) is 0. The van der Waals surface area contributed by atoms with Gasteiger partial charge in [-0.1, -0.05) is 25.4 Å². The summed E-state index contributed by atoms with van der Waals surface area (Å²) >= 11 is 5.84. The van der Waals surface area contributed by atoms with Crippen LogP contribution >= 0.6 is 11.6 Å². The molecule has 1 aliphatic heterocycles. The molecule has 1 aromatic rings. The van der Waals surface area contributed by atoms with E-state index >= 15 is 0 Å². The van der Waals surface area contributed by atoms with Crippen LogP contribution in [0.5, 0.6) is 5.75 Å². The van der Waals surface area contributed by atoms with Crippen molar-refractivity contribution in [1.29, 1.82) is 0 Å². The number of nitrogens with one attached hydrogen (secondary N) is 1. The van der Waals surface area contributed by atoms with Gasteiger partial charge in [0.05, 0.1) is 5.69 Å². The van der Waals surface area contributed by atoms with Crippen molar-refractivity contribution in [2.75, 3.05) is 5.32 Å². The first-order chi connectivity index (χ1) is 7.56. The Hall–Kier alpha value is -1.22. The van der Waals surface area contributed by atoms with Crippen LogP contribution < -0.4 is 10.1 Å². The molecule has 1 atom stereocenters. The van der Waals surface area contributed by atoms with Gasteiger partial charge in [0.1, 0.15) is 5.75 Å². The maximum absolute atomic E-state index is 11.7. The molecule has 0 radical (unpaired) electrons. The van der Waals surface area contributed by atoms with Gasteiger partial charge in [0.2, 0.25) is 0 Å². The molecule has 0 aliphatic carbocycles. The van der Waals surface area contributed by atoms with Crippen LogP contribution in [0.3, 0.4) is 0 Å². The van der Waals surface area contributed by atoms with Crippen LogP contribution in [0.25, 0.3) is 0 Å². The third kappa shape index (κ3) is 2.30. The zero-order valence-corrected chi connectivity index (χ0v) is 10.0. The number of hydrogen-bond donors (Lipinski definition) is 1. The molecule has 0 aromatic heterocycles. The monoisotopic (exact) mass is 239 g/mol. The van der Waals surface area contributed by atoms with Gasteiger partial charge in [-0.15, -0.1) is 0 Å². The molecule has 1 unspecified atom stereocenters. The van der Waals surface area contributed by atoms with Crippen molar-refractivity contribution in [3.8, 4) is 5.75 Å². The van der Waals surface area contributed by atoms with Gasteiger partial charge in [-0.2, -0.15) is 0 Å². The number of rotatable bonds is 2. The van der Waals surface area contributed by atoms with E-state index in [2.05, 4.69) is 19.2 Å². The SMILES string of the molecule is CC(C)CC1Oc2ccc(Cl)cc2NC1=O. The number of ether oxygens (including phenoxy) is 1. The molecule has 86 valence electrons. The van der Waals surface area contributed by atoms with E-state index < -0.39 is 6.10 Å². The highest BCUT2D eigenvalue weighted by Crippen LogP contribution is 2.33. The smallest absolute Gasteiger partial charge is 0.265 e. The number of fused-ring (bicyclic) bond motifs is 1. The van der Waals surface area contributed by atoms with Crippen molar-refractivity contribution in [2.45, 2.75) is 26.4 Å². The van der Waals surface area contributed by atoms with Gasteiger partial charge >= 0.3 is 0 Å². The Morgan fingerprint density at radius 1 is 1.50 bits per heavy atom. The Morgan fingerprint density at radius 3 is 2.94 bits per heavy atom. The topological polar surface area (TPSA) is 38.3 Å². The first-order valence-corrected chi connectivity index (χ1v) is 5.71. The number of carbonyl (C=O) groups is 1. The lowest BCUT2D eigenvalue weighted by molar-refractivity contribution is -0.124. The summed E-state index contributed by atoms with van der Waals surface area (Å²) < 4.78 is 5.64. The van der Waals surface area contributed by atoms with Crippen molar-refractivity contribution in [2.24, 2.45) is 5.92 Å². The normalized spacial score (nSPS) is 19.0. The van der Waals surface area contributed by atoms with Crippen LogP contribution in [-0.2, 0) is 4.79 Å². The molecule has 1 aromatic carbocycles. The van der Waals surface area contributed by atoms with Crippen molar-refractivity contribution >= 4 is 23.2 Å². The summed E-state index contributed by atoms with van der Waals surface area (Å²) in [4.78, 5) is 11.7. The average Bonchev–Trinajstić information content (AvgIpc) is 2.19. The van der Waals surface area contributed by atoms with Crippen LogP contribution in [0.4, 0.5) is 5.69 Å². The molecule has 4 heteroatoms. The zero-order chi connectivity index (χ0) is 11.7. The second-order valence-electron chi connectivity index (χ2n) is 4.37. The van der Waals surface area contributed by atoms with Gasteiger partial charge in [0.15, 0.2) is 6.10 Å². The minimum absolute atomic E-state index is 0.0940. The summed E-state index contributed by atoms with van der Waals surface area (Å²) in [5.41, 5.74) is 0.650. The Morgan fingerprint density at radius 2 is 2.25 bits per heavy atom. The van der Waals surface area contributed by atoms with E-state index in [0.29, 0.717) is 28.8 Å². The second-order valence-corrected chi connectivity index (χ2v) is 4.80. The molecule has 0 saturated carbocycles. The second kappa shape index (κ2) is 4.34. The van der Waals surface area contributed by atoms with Crippen LogP contribution in [0.15, 0.2) is 18.2 Å². The van der Waals surface area contributed by atoms with Crippen LogP contribution in [0, 0.1) is 5.92 Å². The summed E-state index contributed by atoms with van der Waals surface area (Å²) in [6.07, 6.45) is 0.321. The Labute approximate surface area is 99.7 Å². The highest BCUT2D eigenvalue weighted by atomic mass is 35.5. The van der Waals surface area contributed by atoms with Crippen molar-refractivity contribution in [3.05, 3.63) is 23.2 Å². The fourth-order valence-corrected chi connectivity index (χ4v) is 1.88. The third-order valence-corrected chi connectivity index (χ3v) is 2.68. The first kappa shape index (κ1) is 11.3. The molecular weight excluding hydrogens is 226 g/mol. The fourth-order valence-electron chi connectivity index (χ4n) is 1.71. The van der Waals surface area contributed by atoms with Crippen molar-refractivity contribution in [3.63, 3.8) is 0 Å². The summed E-state index contributed by atoms with van der Waals surface area (Å²) in [6.45, 7) is 4.13. The summed E-state index contributed by atoms with van der Waals surface area (Å²) in [5.74, 6) is 1.02. The lowest BCUT2D eigenvalue weighted by atomic mass is 10.0. The largest absolute Gasteiger partial charge is 0.478 e. The minimum Gasteiger partial charge on any atom is -0.478 e. The zero-order valence-electron chi connectivity index (χ0n) is 9.29. The van der Waals surface area contributed by atoms with Crippen molar-refractivity contribution in [1.82, 2.24) is 0 Å². The van der Waals surface area contributed by atoms with Gasteiger partial charge in [0, 0.05) is 5.02 Å². The molecule has 0 bridgehead atoms. The molecule has 0 fully saturated rings. The molecule has 1 aliphatic rings. The maximum atomic E-state index is 11.7. The van der Waals surface area contributed by atoms with Gasteiger partial charge in [0.25, 0.3) is 5.91 Å².